The van der Waals surface area contributed by atoms with E-state index in [0.717, 1.165) is 56.5 Å². The largest absolute Gasteiger partial charge is 0.494 e. The van der Waals surface area contributed by atoms with Gasteiger partial charge in [-0.15, -0.1) is 0 Å². The molecule has 4 heteroatoms. The Hall–Kier alpha value is -1.55. The number of nitrogens with one attached hydrogen (secondary N) is 1. The van der Waals surface area contributed by atoms with Crippen molar-refractivity contribution in [3.05, 3.63) is 29.8 Å². The van der Waals surface area contributed by atoms with Crippen LogP contribution in [0.3, 0.4) is 0 Å². The third-order valence-corrected chi connectivity index (χ3v) is 5.45. The van der Waals surface area contributed by atoms with E-state index in [4.69, 9.17) is 4.74 Å². The van der Waals surface area contributed by atoms with Crippen molar-refractivity contribution in [2.45, 2.75) is 45.4 Å². The Balaban J connectivity index is 1.32. The fraction of sp³-hybridized carbons (Fsp3) is 0.667. The topological polar surface area (TPSA) is 41.6 Å². The fourth-order valence-corrected chi connectivity index (χ4v) is 3.58. The molecule has 0 radical (unpaired) electrons. The summed E-state index contributed by atoms with van der Waals surface area (Å²) in [5.41, 5.74) is 1.38. The van der Waals surface area contributed by atoms with Crippen LogP contribution in [0.2, 0.25) is 0 Å². The number of carbonyl (C=O) groups excluding carboxylic acids is 1. The molecule has 1 N–H and O–H groups in total. The summed E-state index contributed by atoms with van der Waals surface area (Å²) in [6.45, 7) is 6.12. The number of likely N-dealkylation sites (tertiary alicyclic amines) is 1. The molecule has 4 nitrogen and oxygen atoms in total. The van der Waals surface area contributed by atoms with Crippen molar-refractivity contribution in [3.63, 3.8) is 0 Å². The van der Waals surface area contributed by atoms with Gasteiger partial charge in [0.25, 0.3) is 0 Å². The minimum atomic E-state index is 0.283. The Labute approximate surface area is 151 Å². The third-order valence-electron chi connectivity index (χ3n) is 5.45. The lowest BCUT2D eigenvalue weighted by molar-refractivity contribution is -0.131. The summed E-state index contributed by atoms with van der Waals surface area (Å²) in [5, 5.41) is 3.31. The van der Waals surface area contributed by atoms with Gasteiger partial charge in [-0.1, -0.05) is 12.1 Å². The van der Waals surface area contributed by atoms with Crippen molar-refractivity contribution in [2.24, 2.45) is 11.8 Å². The first kappa shape index (κ1) is 18.2. The van der Waals surface area contributed by atoms with E-state index in [2.05, 4.69) is 29.6 Å². The zero-order chi connectivity index (χ0) is 17.5. The smallest absolute Gasteiger partial charge is 0.236 e. The Kier molecular flexibility index (Phi) is 6.74. The van der Waals surface area contributed by atoms with Gasteiger partial charge in [-0.25, -0.2) is 0 Å². The number of aryl methyl sites for hydroxylation is 1. The zero-order valence-corrected chi connectivity index (χ0v) is 15.5. The van der Waals surface area contributed by atoms with Gasteiger partial charge in [0.2, 0.25) is 5.91 Å². The summed E-state index contributed by atoms with van der Waals surface area (Å²) < 4.78 is 5.49. The van der Waals surface area contributed by atoms with E-state index in [1.807, 2.05) is 11.8 Å². The second kappa shape index (κ2) is 9.23. The Bertz CT molecular complexity index is 531. The molecule has 0 atom stereocenters. The standard InChI is InChI=1S/C21H32N2O2/c1-2-25-20-9-7-17(8-10-20)3-4-18-11-13-23(14-12-18)21(24)16-22-15-19-5-6-19/h7-10,18-19,22H,2-6,11-16H2,1H3. The SMILES string of the molecule is CCOc1ccc(CCC2CCN(C(=O)CNCC3CC3)CC2)cc1. The van der Waals surface area contributed by atoms with E-state index in [-0.39, 0.29) is 5.91 Å². The van der Waals surface area contributed by atoms with Crippen LogP contribution in [0.25, 0.3) is 0 Å². The maximum Gasteiger partial charge on any atom is 0.236 e. The Morgan fingerprint density at radius 1 is 1.12 bits per heavy atom. The van der Waals surface area contributed by atoms with Gasteiger partial charge in [-0.05, 0) is 81.5 Å². The molecule has 0 spiro atoms. The van der Waals surface area contributed by atoms with E-state index in [0.29, 0.717) is 13.2 Å². The lowest BCUT2D eigenvalue weighted by Gasteiger charge is -2.32. The molecule has 1 aliphatic heterocycles. The van der Waals surface area contributed by atoms with Crippen LogP contribution in [-0.4, -0.2) is 43.6 Å². The second-order valence-electron chi connectivity index (χ2n) is 7.51. The van der Waals surface area contributed by atoms with E-state index < -0.39 is 0 Å². The zero-order valence-electron chi connectivity index (χ0n) is 15.5. The molecule has 1 saturated heterocycles. The number of piperidine rings is 1. The molecule has 1 aromatic carbocycles. The number of hydrogen-bond acceptors (Lipinski definition) is 3. The van der Waals surface area contributed by atoms with Crippen molar-refractivity contribution in [1.29, 1.82) is 0 Å². The van der Waals surface area contributed by atoms with E-state index in [1.54, 1.807) is 0 Å². The summed E-state index contributed by atoms with van der Waals surface area (Å²) in [7, 11) is 0. The molecule has 1 aromatic rings. The van der Waals surface area contributed by atoms with E-state index in [1.165, 1.54) is 24.8 Å². The Morgan fingerprint density at radius 2 is 1.84 bits per heavy atom. The minimum Gasteiger partial charge on any atom is -0.494 e. The van der Waals surface area contributed by atoms with Gasteiger partial charge < -0.3 is 15.0 Å². The first-order valence-corrected chi connectivity index (χ1v) is 9.95. The summed E-state index contributed by atoms with van der Waals surface area (Å²) in [4.78, 5) is 14.3. The lowest BCUT2D eigenvalue weighted by atomic mass is 9.90. The summed E-state index contributed by atoms with van der Waals surface area (Å²) in [6, 6.07) is 8.48. The van der Waals surface area contributed by atoms with Crippen LogP contribution >= 0.6 is 0 Å². The molecule has 0 bridgehead atoms. The van der Waals surface area contributed by atoms with Crippen molar-refractivity contribution in [1.82, 2.24) is 10.2 Å². The predicted molar refractivity (Wildman–Crippen MR) is 101 cm³/mol. The first-order valence-electron chi connectivity index (χ1n) is 9.95. The average molecular weight is 344 g/mol. The minimum absolute atomic E-state index is 0.283. The van der Waals surface area contributed by atoms with Crippen molar-refractivity contribution in [3.8, 4) is 5.75 Å². The number of ether oxygens (including phenoxy) is 1. The maximum atomic E-state index is 12.2. The lowest BCUT2D eigenvalue weighted by Crippen LogP contribution is -2.43. The van der Waals surface area contributed by atoms with Crippen molar-refractivity contribution < 1.29 is 9.53 Å². The highest BCUT2D eigenvalue weighted by Crippen LogP contribution is 2.27. The van der Waals surface area contributed by atoms with Gasteiger partial charge in [0.05, 0.1) is 13.2 Å². The number of benzene rings is 1. The molecule has 138 valence electrons. The molecule has 1 amide bonds. The van der Waals surface area contributed by atoms with Gasteiger partial charge in [0.15, 0.2) is 0 Å². The quantitative estimate of drug-likeness (QED) is 0.748. The van der Waals surface area contributed by atoms with Crippen LogP contribution in [0.1, 0.15) is 44.6 Å². The molecule has 1 heterocycles. The van der Waals surface area contributed by atoms with Crippen LogP contribution < -0.4 is 10.1 Å². The van der Waals surface area contributed by atoms with Gasteiger partial charge in [-0.3, -0.25) is 4.79 Å². The molecule has 2 aliphatic rings. The molecular weight excluding hydrogens is 312 g/mol. The predicted octanol–water partition coefficient (Wildman–Crippen LogP) is 3.26. The molecule has 3 rings (SSSR count). The molecule has 1 saturated carbocycles. The highest BCUT2D eigenvalue weighted by molar-refractivity contribution is 5.78. The van der Waals surface area contributed by atoms with Gasteiger partial charge in [0, 0.05) is 13.1 Å². The summed E-state index contributed by atoms with van der Waals surface area (Å²) >= 11 is 0. The monoisotopic (exact) mass is 344 g/mol. The van der Waals surface area contributed by atoms with Crippen molar-refractivity contribution >= 4 is 5.91 Å². The van der Waals surface area contributed by atoms with Crippen LogP contribution in [-0.2, 0) is 11.2 Å². The number of carbonyl (C=O) groups is 1. The second-order valence-corrected chi connectivity index (χ2v) is 7.51. The molecular formula is C21H32N2O2. The van der Waals surface area contributed by atoms with Crippen LogP contribution in [0.5, 0.6) is 5.75 Å². The highest BCUT2D eigenvalue weighted by atomic mass is 16.5. The fourth-order valence-electron chi connectivity index (χ4n) is 3.58. The summed E-state index contributed by atoms with van der Waals surface area (Å²) in [6.07, 6.45) is 7.29. The number of rotatable bonds is 9. The maximum absolute atomic E-state index is 12.2. The van der Waals surface area contributed by atoms with Crippen LogP contribution in [0.15, 0.2) is 24.3 Å². The number of amides is 1. The van der Waals surface area contributed by atoms with Crippen LogP contribution in [0.4, 0.5) is 0 Å². The molecule has 0 unspecified atom stereocenters. The first-order chi connectivity index (χ1) is 12.2. The Morgan fingerprint density at radius 3 is 2.48 bits per heavy atom. The highest BCUT2D eigenvalue weighted by Gasteiger charge is 2.24. The number of nitrogens with zero attached hydrogens (tertiary/aromatic N) is 1. The van der Waals surface area contributed by atoms with Gasteiger partial charge >= 0.3 is 0 Å². The van der Waals surface area contributed by atoms with Gasteiger partial charge in [0.1, 0.15) is 5.75 Å². The molecule has 1 aliphatic carbocycles. The number of hydrogen-bond donors (Lipinski definition) is 1. The average Bonchev–Trinajstić information content (AvgIpc) is 3.46. The molecule has 2 fully saturated rings. The normalized spacial score (nSPS) is 18.4. The molecule has 25 heavy (non-hydrogen) atoms. The van der Waals surface area contributed by atoms with Crippen molar-refractivity contribution in [2.75, 3.05) is 32.8 Å². The van der Waals surface area contributed by atoms with Gasteiger partial charge in [-0.2, -0.15) is 0 Å². The summed E-state index contributed by atoms with van der Waals surface area (Å²) in [5.74, 6) is 2.81. The van der Waals surface area contributed by atoms with Crippen LogP contribution in [0, 0.1) is 11.8 Å². The van der Waals surface area contributed by atoms with E-state index >= 15 is 0 Å². The van der Waals surface area contributed by atoms with E-state index in [9.17, 15) is 4.79 Å². The molecule has 0 aromatic heterocycles. The third kappa shape index (κ3) is 6.03.